The molecule has 4 rings (SSSR count). The summed E-state index contributed by atoms with van der Waals surface area (Å²) in [5.74, 6) is 1.34. The van der Waals surface area contributed by atoms with Gasteiger partial charge in [0.2, 0.25) is 16.8 Å². The Labute approximate surface area is 165 Å². The normalized spacial score (nSPS) is 17.8. The van der Waals surface area contributed by atoms with Gasteiger partial charge in [0.15, 0.2) is 11.5 Å². The zero-order valence-corrected chi connectivity index (χ0v) is 16.8. The molecule has 0 saturated carbocycles. The largest absolute Gasteiger partial charge is 0.507 e. The number of hydrogen-bond acceptors (Lipinski definition) is 6. The van der Waals surface area contributed by atoms with E-state index in [4.69, 9.17) is 9.47 Å². The lowest BCUT2D eigenvalue weighted by Crippen LogP contribution is -2.48. The Balaban J connectivity index is 1.44. The molecular formula is C20H24N2O5S. The number of hydrogen-bond donors (Lipinski definition) is 1. The first-order valence-corrected chi connectivity index (χ1v) is 10.7. The lowest BCUT2D eigenvalue weighted by atomic mass is 10.1. The van der Waals surface area contributed by atoms with Crippen LogP contribution in [0.4, 0.5) is 0 Å². The minimum Gasteiger partial charge on any atom is -0.507 e. The summed E-state index contributed by atoms with van der Waals surface area (Å²) in [7, 11) is -3.51. The van der Waals surface area contributed by atoms with Gasteiger partial charge >= 0.3 is 0 Å². The monoisotopic (exact) mass is 404 g/mol. The van der Waals surface area contributed by atoms with Crippen LogP contribution in [0.3, 0.4) is 0 Å². The summed E-state index contributed by atoms with van der Waals surface area (Å²) >= 11 is 0. The lowest BCUT2D eigenvalue weighted by Gasteiger charge is -2.34. The van der Waals surface area contributed by atoms with Gasteiger partial charge in [0, 0.05) is 44.4 Å². The maximum Gasteiger partial charge on any atom is 0.243 e. The van der Waals surface area contributed by atoms with Gasteiger partial charge in [0.1, 0.15) is 5.75 Å². The second kappa shape index (κ2) is 7.27. The van der Waals surface area contributed by atoms with Gasteiger partial charge in [0.25, 0.3) is 0 Å². The number of phenols is 1. The molecule has 0 aromatic heterocycles. The average molecular weight is 404 g/mol. The Morgan fingerprint density at radius 2 is 1.68 bits per heavy atom. The Morgan fingerprint density at radius 3 is 2.39 bits per heavy atom. The third kappa shape index (κ3) is 3.55. The van der Waals surface area contributed by atoms with Gasteiger partial charge in [-0.3, -0.25) is 4.90 Å². The van der Waals surface area contributed by atoms with Gasteiger partial charge in [-0.15, -0.1) is 0 Å². The number of benzene rings is 2. The molecular weight excluding hydrogens is 380 g/mol. The molecule has 0 amide bonds. The zero-order chi connectivity index (χ0) is 19.9. The van der Waals surface area contributed by atoms with E-state index in [1.54, 1.807) is 22.5 Å². The molecule has 0 spiro atoms. The number of rotatable bonds is 4. The first-order valence-electron chi connectivity index (χ1n) is 9.26. The van der Waals surface area contributed by atoms with Gasteiger partial charge in [-0.05, 0) is 37.1 Å². The number of ether oxygens (including phenoxy) is 2. The van der Waals surface area contributed by atoms with Crippen LogP contribution >= 0.6 is 0 Å². The molecule has 7 nitrogen and oxygen atoms in total. The maximum atomic E-state index is 13.0. The zero-order valence-electron chi connectivity index (χ0n) is 16.0. The van der Waals surface area contributed by atoms with Crippen LogP contribution in [-0.4, -0.2) is 55.7 Å². The molecule has 28 heavy (non-hydrogen) atoms. The van der Waals surface area contributed by atoms with Crippen LogP contribution < -0.4 is 9.47 Å². The Bertz CT molecular complexity index is 998. The molecule has 8 heteroatoms. The van der Waals surface area contributed by atoms with Crippen LogP contribution in [0, 0.1) is 13.8 Å². The number of fused-ring (bicyclic) bond motifs is 1. The summed E-state index contributed by atoms with van der Waals surface area (Å²) in [5, 5.41) is 10.2. The number of phenolic OH excluding ortho intramolecular Hbond substituents is 1. The van der Waals surface area contributed by atoms with Crippen LogP contribution in [-0.2, 0) is 16.6 Å². The topological polar surface area (TPSA) is 79.3 Å². The highest BCUT2D eigenvalue weighted by molar-refractivity contribution is 7.89. The van der Waals surface area contributed by atoms with E-state index in [1.165, 1.54) is 0 Å². The first-order chi connectivity index (χ1) is 13.3. The number of piperazine rings is 1. The third-order valence-corrected chi connectivity index (χ3v) is 7.30. The summed E-state index contributed by atoms with van der Waals surface area (Å²) < 4.78 is 38.3. The first kappa shape index (κ1) is 19.0. The smallest absolute Gasteiger partial charge is 0.243 e. The van der Waals surface area contributed by atoms with Crippen molar-refractivity contribution in [2.75, 3.05) is 33.0 Å². The molecule has 2 aromatic rings. The van der Waals surface area contributed by atoms with Crippen molar-refractivity contribution in [3.05, 3.63) is 47.0 Å². The lowest BCUT2D eigenvalue weighted by molar-refractivity contribution is 0.173. The molecule has 2 aliphatic heterocycles. The van der Waals surface area contributed by atoms with Crippen molar-refractivity contribution in [2.45, 2.75) is 25.3 Å². The maximum absolute atomic E-state index is 13.0. The Hall–Kier alpha value is -2.29. The number of aromatic hydroxyl groups is 1. The highest BCUT2D eigenvalue weighted by Gasteiger charge is 2.30. The molecule has 0 aliphatic carbocycles. The van der Waals surface area contributed by atoms with Crippen molar-refractivity contribution in [2.24, 2.45) is 0 Å². The number of sulfonamides is 1. The summed E-state index contributed by atoms with van der Waals surface area (Å²) in [6.07, 6.45) is 0. The van der Waals surface area contributed by atoms with E-state index in [2.05, 4.69) is 4.90 Å². The van der Waals surface area contributed by atoms with E-state index < -0.39 is 10.0 Å². The van der Waals surface area contributed by atoms with Crippen molar-refractivity contribution in [3.8, 4) is 17.2 Å². The SMILES string of the molecule is Cc1ccc(C)c(S(=O)(=O)N2CCN(Cc3cc4c(cc3O)OCO4)CC2)c1. The van der Waals surface area contributed by atoms with Gasteiger partial charge in [-0.25, -0.2) is 8.42 Å². The number of aryl methyl sites for hydroxylation is 2. The van der Waals surface area contributed by atoms with E-state index >= 15 is 0 Å². The Morgan fingerprint density at radius 1 is 1.00 bits per heavy atom. The van der Waals surface area contributed by atoms with Crippen LogP contribution in [0.2, 0.25) is 0 Å². The van der Waals surface area contributed by atoms with E-state index in [9.17, 15) is 13.5 Å². The third-order valence-electron chi connectivity index (χ3n) is 5.26. The van der Waals surface area contributed by atoms with Gasteiger partial charge in [-0.1, -0.05) is 12.1 Å². The second-order valence-corrected chi connectivity index (χ2v) is 9.19. The highest BCUT2D eigenvalue weighted by atomic mass is 32.2. The molecule has 150 valence electrons. The average Bonchev–Trinajstić information content (AvgIpc) is 3.11. The predicted molar refractivity (Wildman–Crippen MR) is 104 cm³/mol. The minimum atomic E-state index is -3.51. The molecule has 2 aliphatic rings. The summed E-state index contributed by atoms with van der Waals surface area (Å²) in [4.78, 5) is 2.51. The van der Waals surface area contributed by atoms with Gasteiger partial charge in [-0.2, -0.15) is 4.31 Å². The molecule has 1 N–H and O–H groups in total. The van der Waals surface area contributed by atoms with E-state index in [-0.39, 0.29) is 12.5 Å². The molecule has 0 atom stereocenters. The van der Waals surface area contributed by atoms with Gasteiger partial charge < -0.3 is 14.6 Å². The van der Waals surface area contributed by atoms with Crippen LogP contribution in [0.25, 0.3) is 0 Å². The fourth-order valence-electron chi connectivity index (χ4n) is 3.59. The molecule has 2 aromatic carbocycles. The van der Waals surface area contributed by atoms with Crippen LogP contribution in [0.1, 0.15) is 16.7 Å². The number of nitrogens with zero attached hydrogens (tertiary/aromatic N) is 2. The molecule has 2 heterocycles. The quantitative estimate of drug-likeness (QED) is 0.842. The van der Waals surface area contributed by atoms with Crippen molar-refractivity contribution in [3.63, 3.8) is 0 Å². The van der Waals surface area contributed by atoms with Crippen LogP contribution in [0.5, 0.6) is 17.2 Å². The molecule has 0 unspecified atom stereocenters. The van der Waals surface area contributed by atoms with E-state index in [0.29, 0.717) is 49.1 Å². The summed E-state index contributed by atoms with van der Waals surface area (Å²) in [6.45, 7) is 6.43. The van der Waals surface area contributed by atoms with E-state index in [1.807, 2.05) is 26.0 Å². The fraction of sp³-hybridized carbons (Fsp3) is 0.400. The van der Waals surface area contributed by atoms with Crippen molar-refractivity contribution in [1.29, 1.82) is 0 Å². The molecule has 0 radical (unpaired) electrons. The standard InChI is InChI=1S/C20H24N2O5S/c1-14-3-4-15(2)20(9-14)28(24,25)22-7-5-21(6-8-22)12-16-10-18-19(11-17(16)23)27-13-26-18/h3-4,9-11,23H,5-8,12-13H2,1-2H3. The van der Waals surface area contributed by atoms with Crippen molar-refractivity contribution in [1.82, 2.24) is 9.21 Å². The minimum absolute atomic E-state index is 0.160. The van der Waals surface area contributed by atoms with Crippen molar-refractivity contribution >= 4 is 10.0 Å². The fourth-order valence-corrected chi connectivity index (χ4v) is 5.33. The van der Waals surface area contributed by atoms with Crippen molar-refractivity contribution < 1.29 is 23.0 Å². The second-order valence-electron chi connectivity index (χ2n) is 7.28. The van der Waals surface area contributed by atoms with Crippen LogP contribution in [0.15, 0.2) is 35.2 Å². The summed E-state index contributed by atoms with van der Waals surface area (Å²) in [5.41, 5.74) is 2.44. The van der Waals surface area contributed by atoms with Gasteiger partial charge in [0.05, 0.1) is 4.90 Å². The molecule has 0 bridgehead atoms. The molecule has 1 fully saturated rings. The highest BCUT2D eigenvalue weighted by Crippen LogP contribution is 2.38. The summed E-state index contributed by atoms with van der Waals surface area (Å²) in [6, 6.07) is 8.86. The predicted octanol–water partition coefficient (Wildman–Crippen LogP) is 2.24. The molecule has 1 saturated heterocycles. The van der Waals surface area contributed by atoms with E-state index in [0.717, 1.165) is 16.7 Å². The Kier molecular flexibility index (Phi) is 4.95.